The van der Waals surface area contributed by atoms with E-state index in [2.05, 4.69) is 10.3 Å². The number of nitrogens with zero attached hydrogens (tertiary/aromatic N) is 2. The highest BCUT2D eigenvalue weighted by atomic mass is 16.6. The van der Waals surface area contributed by atoms with Gasteiger partial charge < -0.3 is 20.2 Å². The van der Waals surface area contributed by atoms with Gasteiger partial charge in [-0.25, -0.2) is 4.79 Å². The number of hydrogen-bond acceptors (Lipinski definition) is 6. The van der Waals surface area contributed by atoms with E-state index in [4.69, 9.17) is 4.74 Å². The zero-order chi connectivity index (χ0) is 16.7. The molecule has 2 N–H and O–H groups in total. The van der Waals surface area contributed by atoms with Crippen LogP contribution >= 0.6 is 0 Å². The number of carbonyl (C=O) groups is 2. The van der Waals surface area contributed by atoms with Gasteiger partial charge in [0.1, 0.15) is 6.20 Å². The minimum atomic E-state index is -0.753. The Morgan fingerprint density at radius 3 is 2.61 bits per heavy atom. The Bertz CT molecular complexity index is 720. The summed E-state index contributed by atoms with van der Waals surface area (Å²) in [4.78, 5) is 36.8. The lowest BCUT2D eigenvalue weighted by Crippen LogP contribution is -2.37. The normalized spacial score (nSPS) is 9.74. The Morgan fingerprint density at radius 1 is 1.17 bits per heavy atom. The summed E-state index contributed by atoms with van der Waals surface area (Å²) in [5.41, 5.74) is 0.515. The van der Waals surface area contributed by atoms with Crippen LogP contribution in [0, 0.1) is 10.1 Å². The number of rotatable bonds is 5. The van der Waals surface area contributed by atoms with Gasteiger partial charge in [-0.05, 0) is 34.2 Å². The maximum absolute atomic E-state index is 11.6. The van der Waals surface area contributed by atoms with Crippen LogP contribution in [0.2, 0.25) is 0 Å². The lowest BCUT2D eigenvalue weighted by atomic mass is 10.3. The van der Waals surface area contributed by atoms with E-state index < -0.39 is 29.3 Å². The number of hydrogen-bond donors (Lipinski definition) is 2. The maximum Gasteiger partial charge on any atom is 0.406 e. The summed E-state index contributed by atoms with van der Waals surface area (Å²) in [7, 11) is 0. The van der Waals surface area contributed by atoms with Crippen molar-refractivity contribution in [2.75, 3.05) is 11.9 Å². The molecule has 0 atom stereocenters. The van der Waals surface area contributed by atoms with Crippen LogP contribution in [0.3, 0.4) is 0 Å². The van der Waals surface area contributed by atoms with Crippen molar-refractivity contribution >= 4 is 23.4 Å². The van der Waals surface area contributed by atoms with E-state index in [0.29, 0.717) is 5.69 Å². The fraction of sp³-hybridized carbons (Fsp3) is 0.0714. The molecular formula is C14H12N4O5. The summed E-state index contributed by atoms with van der Waals surface area (Å²) >= 11 is 0. The van der Waals surface area contributed by atoms with Crippen LogP contribution in [0.5, 0.6) is 5.75 Å². The number of nitrogens with one attached hydrogen (secondary N) is 2. The molecule has 0 spiro atoms. The molecule has 0 unspecified atom stereocenters. The van der Waals surface area contributed by atoms with Gasteiger partial charge in [-0.3, -0.25) is 10.1 Å². The zero-order valence-electron chi connectivity index (χ0n) is 11.8. The quantitative estimate of drug-likeness (QED) is 0.639. The Kier molecular flexibility index (Phi) is 5.18. The number of pyridine rings is 1. The van der Waals surface area contributed by atoms with Crippen LogP contribution in [0.25, 0.3) is 0 Å². The predicted molar refractivity (Wildman–Crippen MR) is 80.0 cm³/mol. The van der Waals surface area contributed by atoms with E-state index in [-0.39, 0.29) is 5.75 Å². The number of urea groups is 1. The second kappa shape index (κ2) is 7.50. The first-order valence-corrected chi connectivity index (χ1v) is 6.44. The average Bonchev–Trinajstić information content (AvgIpc) is 2.54. The first kappa shape index (κ1) is 15.9. The van der Waals surface area contributed by atoms with Gasteiger partial charge in [-0.1, -0.05) is 18.2 Å². The smallest absolute Gasteiger partial charge is 0.406 e. The van der Waals surface area contributed by atoms with Gasteiger partial charge in [0.25, 0.3) is 5.91 Å². The van der Waals surface area contributed by atoms with E-state index in [1.54, 1.807) is 30.3 Å². The van der Waals surface area contributed by atoms with Crippen molar-refractivity contribution in [2.45, 2.75) is 0 Å². The number of ether oxygens (including phenoxy) is 1. The molecule has 2 aromatic rings. The summed E-state index contributed by atoms with van der Waals surface area (Å²) in [6.45, 7) is -0.561. The van der Waals surface area contributed by atoms with E-state index in [1.165, 1.54) is 18.3 Å². The zero-order valence-corrected chi connectivity index (χ0v) is 11.8. The average molecular weight is 316 g/mol. The lowest BCUT2D eigenvalue weighted by Gasteiger charge is -2.08. The number of anilines is 1. The molecule has 0 aliphatic rings. The van der Waals surface area contributed by atoms with E-state index in [9.17, 15) is 19.7 Å². The van der Waals surface area contributed by atoms with Crippen LogP contribution in [0.1, 0.15) is 0 Å². The molecule has 118 valence electrons. The summed E-state index contributed by atoms with van der Waals surface area (Å²) in [6.07, 6.45) is 1.23. The fourth-order valence-electron chi connectivity index (χ4n) is 1.62. The van der Waals surface area contributed by atoms with Crippen molar-refractivity contribution in [3.05, 3.63) is 58.8 Å². The minimum absolute atomic E-state index is 0.156. The first-order chi connectivity index (χ1) is 11.1. The number of amides is 3. The number of carbonyl (C=O) groups excluding carboxylic acids is 2. The number of imide groups is 1. The van der Waals surface area contributed by atoms with Gasteiger partial charge >= 0.3 is 11.8 Å². The molecule has 0 bridgehead atoms. The van der Waals surface area contributed by atoms with Crippen LogP contribution < -0.4 is 15.4 Å². The topological polar surface area (TPSA) is 123 Å². The molecule has 0 saturated carbocycles. The number of benzene rings is 1. The fourth-order valence-corrected chi connectivity index (χ4v) is 1.62. The van der Waals surface area contributed by atoms with Gasteiger partial charge in [-0.15, -0.1) is 0 Å². The van der Waals surface area contributed by atoms with Crippen LogP contribution in [0.15, 0.2) is 48.7 Å². The monoisotopic (exact) mass is 316 g/mol. The Balaban J connectivity index is 1.86. The van der Waals surface area contributed by atoms with Gasteiger partial charge in [0.2, 0.25) is 5.75 Å². The van der Waals surface area contributed by atoms with Crippen LogP contribution in [-0.4, -0.2) is 28.5 Å². The van der Waals surface area contributed by atoms with Gasteiger partial charge in [0.05, 0.1) is 0 Å². The molecule has 2 rings (SSSR count). The predicted octanol–water partition coefficient (Wildman–Crippen LogP) is 1.72. The third-order valence-corrected chi connectivity index (χ3v) is 2.57. The molecule has 3 amide bonds. The SMILES string of the molecule is O=C(COc1cccnc1[N+](=O)[O-])NC(=O)Nc1ccccc1. The number of para-hydroxylation sites is 1. The number of nitro groups is 1. The third-order valence-electron chi connectivity index (χ3n) is 2.57. The van der Waals surface area contributed by atoms with Crippen molar-refractivity contribution in [2.24, 2.45) is 0 Å². The molecule has 9 nitrogen and oxygen atoms in total. The molecule has 9 heteroatoms. The molecule has 1 heterocycles. The molecule has 1 aromatic carbocycles. The molecule has 0 fully saturated rings. The largest absolute Gasteiger partial charge is 0.476 e. The summed E-state index contributed by atoms with van der Waals surface area (Å²) in [5.74, 6) is -1.42. The second-order valence-electron chi connectivity index (χ2n) is 4.24. The second-order valence-corrected chi connectivity index (χ2v) is 4.24. The van der Waals surface area contributed by atoms with E-state index in [1.807, 2.05) is 5.32 Å². The molecule has 0 aliphatic heterocycles. The van der Waals surface area contributed by atoms with Crippen molar-refractivity contribution in [1.82, 2.24) is 10.3 Å². The Labute approximate surface area is 130 Å². The Morgan fingerprint density at radius 2 is 1.91 bits per heavy atom. The Hall–Kier alpha value is -3.49. The molecule has 0 aliphatic carbocycles. The minimum Gasteiger partial charge on any atom is -0.476 e. The van der Waals surface area contributed by atoms with Gasteiger partial charge in [-0.2, -0.15) is 0 Å². The van der Waals surface area contributed by atoms with Crippen LogP contribution in [0.4, 0.5) is 16.3 Å². The molecule has 0 radical (unpaired) electrons. The lowest BCUT2D eigenvalue weighted by molar-refractivity contribution is -0.390. The summed E-state index contributed by atoms with van der Waals surface area (Å²) < 4.78 is 5.02. The highest BCUT2D eigenvalue weighted by molar-refractivity contribution is 6.01. The van der Waals surface area contributed by atoms with Crippen molar-refractivity contribution < 1.29 is 19.2 Å². The summed E-state index contributed by atoms with van der Waals surface area (Å²) in [6, 6.07) is 10.5. The first-order valence-electron chi connectivity index (χ1n) is 6.44. The summed E-state index contributed by atoms with van der Waals surface area (Å²) in [5, 5.41) is 15.2. The van der Waals surface area contributed by atoms with Crippen LogP contribution in [-0.2, 0) is 4.79 Å². The van der Waals surface area contributed by atoms with Crippen molar-refractivity contribution in [1.29, 1.82) is 0 Å². The molecule has 1 aromatic heterocycles. The molecule has 0 saturated heterocycles. The number of aromatic nitrogens is 1. The molecular weight excluding hydrogens is 304 g/mol. The van der Waals surface area contributed by atoms with Crippen molar-refractivity contribution in [3.8, 4) is 5.75 Å². The standard InChI is InChI=1S/C14H12N4O5/c19-12(17-14(20)16-10-5-2-1-3-6-10)9-23-11-7-4-8-15-13(11)18(21)22/h1-8H,9H2,(H2,16,17,19,20). The van der Waals surface area contributed by atoms with Gasteiger partial charge in [0, 0.05) is 5.69 Å². The van der Waals surface area contributed by atoms with E-state index >= 15 is 0 Å². The van der Waals surface area contributed by atoms with E-state index in [0.717, 1.165) is 0 Å². The highest BCUT2D eigenvalue weighted by Crippen LogP contribution is 2.22. The van der Waals surface area contributed by atoms with Crippen molar-refractivity contribution in [3.63, 3.8) is 0 Å². The van der Waals surface area contributed by atoms with Gasteiger partial charge in [0.15, 0.2) is 6.61 Å². The third kappa shape index (κ3) is 4.77. The molecule has 23 heavy (non-hydrogen) atoms. The highest BCUT2D eigenvalue weighted by Gasteiger charge is 2.17. The maximum atomic E-state index is 11.6.